The van der Waals surface area contributed by atoms with Crippen LogP contribution < -0.4 is 5.73 Å². The molecule has 0 bridgehead atoms. The lowest BCUT2D eigenvalue weighted by molar-refractivity contribution is -0.0337. The van der Waals surface area contributed by atoms with Crippen molar-refractivity contribution in [2.24, 2.45) is 0 Å². The third kappa shape index (κ3) is 2.30. The van der Waals surface area contributed by atoms with Crippen molar-refractivity contribution in [3.8, 4) is 0 Å². The van der Waals surface area contributed by atoms with E-state index in [4.69, 9.17) is 20.0 Å². The molecular formula is C12H17N3O3. The van der Waals surface area contributed by atoms with Crippen molar-refractivity contribution < 1.29 is 14.3 Å². The molecule has 2 atom stereocenters. The molecule has 2 rings (SSSR count). The maximum atomic E-state index is 9.14. The van der Waals surface area contributed by atoms with E-state index in [1.807, 2.05) is 13.8 Å². The predicted octanol–water partition coefficient (Wildman–Crippen LogP) is 1.65. The molecule has 6 heteroatoms. The van der Waals surface area contributed by atoms with E-state index in [2.05, 4.69) is 9.97 Å². The third-order valence-electron chi connectivity index (χ3n) is 2.90. The maximum Gasteiger partial charge on any atom is 0.194 e. The molecule has 2 aromatic heterocycles. The number of nitrogen functional groups attached to an aromatic ring is 1. The highest BCUT2D eigenvalue weighted by atomic mass is 16.5. The Labute approximate surface area is 105 Å². The van der Waals surface area contributed by atoms with Crippen LogP contribution in [-0.4, -0.2) is 27.8 Å². The number of rotatable bonds is 5. The molecule has 6 nitrogen and oxygen atoms in total. The van der Waals surface area contributed by atoms with Crippen LogP contribution in [0.15, 0.2) is 17.0 Å². The monoisotopic (exact) mass is 251 g/mol. The highest BCUT2D eigenvalue weighted by molar-refractivity contribution is 5.84. The van der Waals surface area contributed by atoms with Gasteiger partial charge < -0.3 is 20.0 Å². The van der Waals surface area contributed by atoms with Gasteiger partial charge >= 0.3 is 0 Å². The first-order chi connectivity index (χ1) is 8.67. The maximum absolute atomic E-state index is 9.14. The molecular weight excluding hydrogens is 234 g/mol. The van der Waals surface area contributed by atoms with Crippen LogP contribution in [0.5, 0.6) is 0 Å². The topological polar surface area (TPSA) is 94.4 Å². The van der Waals surface area contributed by atoms with Gasteiger partial charge in [0.2, 0.25) is 0 Å². The van der Waals surface area contributed by atoms with Crippen LogP contribution in [0.4, 0.5) is 5.82 Å². The van der Waals surface area contributed by atoms with Crippen molar-refractivity contribution >= 4 is 16.9 Å². The molecule has 0 aromatic carbocycles. The predicted molar refractivity (Wildman–Crippen MR) is 66.9 cm³/mol. The van der Waals surface area contributed by atoms with Crippen LogP contribution in [0.2, 0.25) is 0 Å². The molecule has 0 fully saturated rings. The SMILES string of the molecule is CCC(CO)O[C@H](C)c1coc2c(N)ncnc12. The van der Waals surface area contributed by atoms with Crippen LogP contribution in [0.3, 0.4) is 0 Å². The summed E-state index contributed by atoms with van der Waals surface area (Å²) in [6, 6.07) is 0. The van der Waals surface area contributed by atoms with Crippen LogP contribution in [0.25, 0.3) is 11.1 Å². The minimum atomic E-state index is -0.224. The van der Waals surface area contributed by atoms with Gasteiger partial charge in [0.1, 0.15) is 11.8 Å². The number of anilines is 1. The number of hydrogen-bond acceptors (Lipinski definition) is 6. The molecule has 2 heterocycles. The van der Waals surface area contributed by atoms with Gasteiger partial charge in [-0.3, -0.25) is 0 Å². The number of aliphatic hydroxyl groups excluding tert-OH is 1. The normalized spacial score (nSPS) is 14.8. The van der Waals surface area contributed by atoms with Gasteiger partial charge in [-0.1, -0.05) is 6.92 Å². The number of hydrogen-bond donors (Lipinski definition) is 2. The summed E-state index contributed by atoms with van der Waals surface area (Å²) < 4.78 is 11.1. The number of aromatic nitrogens is 2. The number of aliphatic hydroxyl groups is 1. The molecule has 18 heavy (non-hydrogen) atoms. The van der Waals surface area contributed by atoms with Crippen molar-refractivity contribution in [2.45, 2.75) is 32.5 Å². The van der Waals surface area contributed by atoms with Gasteiger partial charge in [-0.25, -0.2) is 9.97 Å². The number of furan rings is 1. The average Bonchev–Trinajstić information content (AvgIpc) is 2.81. The molecule has 0 aliphatic heterocycles. The summed E-state index contributed by atoms with van der Waals surface area (Å²) in [5.41, 5.74) is 7.64. The fourth-order valence-corrected chi connectivity index (χ4v) is 1.81. The lowest BCUT2D eigenvalue weighted by atomic mass is 10.2. The van der Waals surface area contributed by atoms with E-state index >= 15 is 0 Å². The molecule has 98 valence electrons. The van der Waals surface area contributed by atoms with Crippen molar-refractivity contribution in [1.82, 2.24) is 9.97 Å². The van der Waals surface area contributed by atoms with Crippen molar-refractivity contribution in [1.29, 1.82) is 0 Å². The fourth-order valence-electron chi connectivity index (χ4n) is 1.81. The van der Waals surface area contributed by atoms with E-state index in [1.54, 1.807) is 6.26 Å². The second-order valence-electron chi connectivity index (χ2n) is 4.12. The molecule has 0 spiro atoms. The first-order valence-electron chi connectivity index (χ1n) is 5.91. The van der Waals surface area contributed by atoms with Crippen LogP contribution in [-0.2, 0) is 4.74 Å². The standard InChI is InChI=1S/C12H17N3O3/c1-3-8(4-16)18-7(2)9-5-17-11-10(9)14-6-15-12(11)13/h5-8,16H,3-4H2,1-2H3,(H2,13,14,15)/t7-,8?/m1/s1. The van der Waals surface area contributed by atoms with E-state index in [0.29, 0.717) is 16.9 Å². The summed E-state index contributed by atoms with van der Waals surface area (Å²) in [6.07, 6.45) is 3.30. The van der Waals surface area contributed by atoms with E-state index < -0.39 is 0 Å². The summed E-state index contributed by atoms with van der Waals surface area (Å²) in [5.74, 6) is 0.313. The van der Waals surface area contributed by atoms with E-state index in [-0.39, 0.29) is 18.8 Å². The summed E-state index contributed by atoms with van der Waals surface area (Å²) in [4.78, 5) is 8.02. The smallest absolute Gasteiger partial charge is 0.194 e. The van der Waals surface area contributed by atoms with E-state index in [1.165, 1.54) is 6.33 Å². The summed E-state index contributed by atoms with van der Waals surface area (Å²) in [6.45, 7) is 3.84. The third-order valence-corrected chi connectivity index (χ3v) is 2.90. The largest absolute Gasteiger partial charge is 0.458 e. The van der Waals surface area contributed by atoms with Gasteiger partial charge in [-0.2, -0.15) is 0 Å². The second kappa shape index (κ2) is 5.32. The Hall–Kier alpha value is -1.66. The Balaban J connectivity index is 2.28. The first kappa shape index (κ1) is 12.8. The van der Waals surface area contributed by atoms with Crippen molar-refractivity contribution in [3.63, 3.8) is 0 Å². The van der Waals surface area contributed by atoms with Crippen LogP contribution in [0.1, 0.15) is 31.9 Å². The lowest BCUT2D eigenvalue weighted by Crippen LogP contribution is -2.18. The molecule has 0 aliphatic carbocycles. The minimum Gasteiger partial charge on any atom is -0.458 e. The highest BCUT2D eigenvalue weighted by Crippen LogP contribution is 2.29. The molecule has 0 saturated carbocycles. The zero-order valence-electron chi connectivity index (χ0n) is 10.5. The van der Waals surface area contributed by atoms with Crippen LogP contribution in [0, 0.1) is 0 Å². The molecule has 0 radical (unpaired) electrons. The molecule has 3 N–H and O–H groups in total. The zero-order valence-corrected chi connectivity index (χ0v) is 10.5. The fraction of sp³-hybridized carbons (Fsp3) is 0.500. The number of nitrogens with two attached hydrogens (primary N) is 1. The summed E-state index contributed by atoms with van der Waals surface area (Å²) in [7, 11) is 0. The van der Waals surface area contributed by atoms with Crippen molar-refractivity contribution in [3.05, 3.63) is 18.2 Å². The minimum absolute atomic E-state index is 0.00620. The number of ether oxygens (including phenoxy) is 1. The van der Waals surface area contributed by atoms with Gasteiger partial charge in [0, 0.05) is 5.56 Å². The quantitative estimate of drug-likeness (QED) is 0.839. The molecule has 2 aromatic rings. The molecule has 0 aliphatic rings. The van der Waals surface area contributed by atoms with Crippen molar-refractivity contribution in [2.75, 3.05) is 12.3 Å². The molecule has 0 saturated heterocycles. The van der Waals surface area contributed by atoms with Gasteiger partial charge in [-0.05, 0) is 13.3 Å². The second-order valence-corrected chi connectivity index (χ2v) is 4.12. The number of nitrogens with zero attached hydrogens (tertiary/aromatic N) is 2. The van der Waals surface area contributed by atoms with Gasteiger partial charge in [0.15, 0.2) is 11.4 Å². The zero-order chi connectivity index (χ0) is 13.1. The van der Waals surface area contributed by atoms with Gasteiger partial charge in [-0.15, -0.1) is 0 Å². The Kier molecular flexibility index (Phi) is 3.78. The molecule has 0 amide bonds. The van der Waals surface area contributed by atoms with Gasteiger partial charge in [0.25, 0.3) is 0 Å². The summed E-state index contributed by atoms with van der Waals surface area (Å²) in [5, 5.41) is 9.14. The van der Waals surface area contributed by atoms with E-state index in [0.717, 1.165) is 12.0 Å². The molecule has 1 unspecified atom stereocenters. The Bertz CT molecular complexity index is 522. The lowest BCUT2D eigenvalue weighted by Gasteiger charge is -2.18. The highest BCUT2D eigenvalue weighted by Gasteiger charge is 2.19. The van der Waals surface area contributed by atoms with E-state index in [9.17, 15) is 0 Å². The Morgan fingerprint density at radius 1 is 1.50 bits per heavy atom. The Morgan fingerprint density at radius 2 is 2.28 bits per heavy atom. The van der Waals surface area contributed by atoms with Gasteiger partial charge in [0.05, 0.1) is 25.1 Å². The number of fused-ring (bicyclic) bond motifs is 1. The average molecular weight is 251 g/mol. The first-order valence-corrected chi connectivity index (χ1v) is 5.91. The summed E-state index contributed by atoms with van der Waals surface area (Å²) >= 11 is 0. The Morgan fingerprint density at radius 3 is 2.94 bits per heavy atom. The van der Waals surface area contributed by atoms with Crippen LogP contribution >= 0.6 is 0 Å².